The molecule has 2 saturated heterocycles. The lowest BCUT2D eigenvalue weighted by Crippen LogP contribution is -2.47. The van der Waals surface area contributed by atoms with Crippen molar-refractivity contribution in [2.75, 3.05) is 36.5 Å². The average Bonchev–Trinajstić information content (AvgIpc) is 2.51. The van der Waals surface area contributed by atoms with Gasteiger partial charge in [-0.2, -0.15) is 0 Å². The van der Waals surface area contributed by atoms with Crippen LogP contribution in [-0.4, -0.2) is 44.2 Å². The summed E-state index contributed by atoms with van der Waals surface area (Å²) < 4.78 is 5.35. The molecule has 0 spiro atoms. The number of morpholine rings is 1. The molecule has 2 heterocycles. The van der Waals surface area contributed by atoms with Gasteiger partial charge in [-0.05, 0) is 24.6 Å². The van der Waals surface area contributed by atoms with Crippen LogP contribution in [0.1, 0.15) is 12.8 Å². The number of piperidine rings is 1. The second-order valence-electron chi connectivity index (χ2n) is 5.30. The van der Waals surface area contributed by atoms with Crippen molar-refractivity contribution < 1.29 is 14.3 Å². The maximum atomic E-state index is 11.8. The first-order chi connectivity index (χ1) is 10.2. The molecule has 2 fully saturated rings. The molecule has 6 nitrogen and oxygen atoms in total. The van der Waals surface area contributed by atoms with E-state index in [4.69, 9.17) is 4.74 Å². The van der Waals surface area contributed by atoms with E-state index in [1.165, 1.54) is 0 Å². The smallest absolute Gasteiger partial charge is 0.249 e. The summed E-state index contributed by atoms with van der Waals surface area (Å²) in [5.41, 5.74) is 2.02. The van der Waals surface area contributed by atoms with Crippen LogP contribution >= 0.6 is 0 Å². The Morgan fingerprint density at radius 1 is 1.24 bits per heavy atom. The molecule has 3 rings (SSSR count). The fraction of sp³-hybridized carbons (Fsp3) is 0.467. The maximum Gasteiger partial charge on any atom is 0.249 e. The number of ether oxygens (including phenoxy) is 1. The molecular formula is C15H19N3O3. The van der Waals surface area contributed by atoms with Gasteiger partial charge in [0, 0.05) is 30.9 Å². The number of imide groups is 1. The molecule has 2 aliphatic heterocycles. The van der Waals surface area contributed by atoms with E-state index in [2.05, 4.69) is 21.6 Å². The predicted molar refractivity (Wildman–Crippen MR) is 79.3 cm³/mol. The molecule has 2 amide bonds. The average molecular weight is 289 g/mol. The summed E-state index contributed by atoms with van der Waals surface area (Å²) in [5, 5.41) is 5.57. The zero-order valence-corrected chi connectivity index (χ0v) is 11.8. The van der Waals surface area contributed by atoms with E-state index in [1.807, 2.05) is 18.2 Å². The first kappa shape index (κ1) is 13.9. The van der Waals surface area contributed by atoms with E-state index in [1.54, 1.807) is 0 Å². The number of rotatable bonds is 3. The molecular weight excluding hydrogens is 270 g/mol. The highest BCUT2D eigenvalue weighted by Crippen LogP contribution is 2.22. The van der Waals surface area contributed by atoms with Crippen LogP contribution in [0.5, 0.6) is 0 Å². The van der Waals surface area contributed by atoms with Crippen molar-refractivity contribution in [1.82, 2.24) is 5.32 Å². The van der Waals surface area contributed by atoms with Crippen LogP contribution in [-0.2, 0) is 14.3 Å². The van der Waals surface area contributed by atoms with Crippen molar-refractivity contribution in [3.05, 3.63) is 24.3 Å². The van der Waals surface area contributed by atoms with E-state index >= 15 is 0 Å². The van der Waals surface area contributed by atoms with Gasteiger partial charge >= 0.3 is 0 Å². The van der Waals surface area contributed by atoms with Gasteiger partial charge in [-0.25, -0.2) is 0 Å². The Morgan fingerprint density at radius 2 is 2.05 bits per heavy atom. The van der Waals surface area contributed by atoms with Crippen LogP contribution in [0.2, 0.25) is 0 Å². The molecule has 1 aromatic rings. The lowest BCUT2D eigenvalue weighted by Gasteiger charge is -2.29. The highest BCUT2D eigenvalue weighted by atomic mass is 16.5. The fourth-order valence-corrected chi connectivity index (χ4v) is 2.65. The molecule has 112 valence electrons. The fourth-order valence-electron chi connectivity index (χ4n) is 2.65. The molecule has 21 heavy (non-hydrogen) atoms. The van der Waals surface area contributed by atoms with Gasteiger partial charge in [-0.15, -0.1) is 0 Å². The Kier molecular flexibility index (Phi) is 4.06. The quantitative estimate of drug-likeness (QED) is 0.803. The summed E-state index contributed by atoms with van der Waals surface area (Å²) in [6.07, 6.45) is 0.916. The van der Waals surface area contributed by atoms with Crippen molar-refractivity contribution in [2.45, 2.75) is 18.9 Å². The largest absolute Gasteiger partial charge is 0.378 e. The third kappa shape index (κ3) is 3.33. The summed E-state index contributed by atoms with van der Waals surface area (Å²) >= 11 is 0. The zero-order valence-electron chi connectivity index (χ0n) is 11.8. The number of amides is 2. The molecule has 0 aromatic heterocycles. The second kappa shape index (κ2) is 6.13. The maximum absolute atomic E-state index is 11.8. The highest BCUT2D eigenvalue weighted by molar-refractivity contribution is 6.01. The summed E-state index contributed by atoms with van der Waals surface area (Å²) in [5.74, 6) is -0.442. The number of anilines is 2. The molecule has 1 unspecified atom stereocenters. The lowest BCUT2D eigenvalue weighted by molar-refractivity contribution is -0.133. The van der Waals surface area contributed by atoms with Gasteiger partial charge in [0.05, 0.1) is 13.2 Å². The van der Waals surface area contributed by atoms with E-state index in [-0.39, 0.29) is 17.9 Å². The molecule has 1 atom stereocenters. The minimum Gasteiger partial charge on any atom is -0.378 e. The van der Waals surface area contributed by atoms with E-state index in [0.29, 0.717) is 12.8 Å². The molecule has 0 aliphatic carbocycles. The zero-order chi connectivity index (χ0) is 14.7. The molecule has 0 saturated carbocycles. The van der Waals surface area contributed by atoms with Crippen molar-refractivity contribution in [2.24, 2.45) is 0 Å². The molecule has 1 aromatic carbocycles. The van der Waals surface area contributed by atoms with Crippen LogP contribution in [0, 0.1) is 0 Å². The minimum absolute atomic E-state index is 0.194. The molecule has 0 bridgehead atoms. The molecule has 2 N–H and O–H groups in total. The third-order valence-electron chi connectivity index (χ3n) is 3.80. The van der Waals surface area contributed by atoms with Crippen LogP contribution in [0.3, 0.4) is 0 Å². The normalized spacial score (nSPS) is 22.9. The Bertz CT molecular complexity index is 541. The Hall–Kier alpha value is -2.08. The first-order valence-electron chi connectivity index (χ1n) is 7.25. The second-order valence-corrected chi connectivity index (χ2v) is 5.30. The number of nitrogens with one attached hydrogen (secondary N) is 2. The summed E-state index contributed by atoms with van der Waals surface area (Å²) in [6.45, 7) is 3.24. The minimum atomic E-state index is -0.345. The monoisotopic (exact) mass is 289 g/mol. The van der Waals surface area contributed by atoms with Gasteiger partial charge in [-0.1, -0.05) is 6.07 Å². The van der Waals surface area contributed by atoms with E-state index < -0.39 is 0 Å². The third-order valence-corrected chi connectivity index (χ3v) is 3.80. The van der Waals surface area contributed by atoms with Gasteiger partial charge in [0.15, 0.2) is 0 Å². The highest BCUT2D eigenvalue weighted by Gasteiger charge is 2.26. The van der Waals surface area contributed by atoms with Crippen molar-refractivity contribution in [3.63, 3.8) is 0 Å². The van der Waals surface area contributed by atoms with Crippen LogP contribution in [0.15, 0.2) is 24.3 Å². The van der Waals surface area contributed by atoms with Gasteiger partial charge in [-0.3, -0.25) is 14.9 Å². The molecule has 2 aliphatic rings. The standard InChI is InChI=1S/C15H19N3O3/c19-14-5-4-13(15(20)17-14)16-11-2-1-3-12(10-11)18-6-8-21-9-7-18/h1-3,10,13,16H,4-9H2,(H,17,19,20). The van der Waals surface area contributed by atoms with Crippen molar-refractivity contribution in [3.8, 4) is 0 Å². The Labute approximate surface area is 123 Å². The summed E-state index contributed by atoms with van der Waals surface area (Å²) in [4.78, 5) is 25.2. The Morgan fingerprint density at radius 3 is 2.81 bits per heavy atom. The number of carbonyl (C=O) groups excluding carboxylic acids is 2. The van der Waals surface area contributed by atoms with Crippen molar-refractivity contribution in [1.29, 1.82) is 0 Å². The van der Waals surface area contributed by atoms with E-state index in [9.17, 15) is 9.59 Å². The number of carbonyl (C=O) groups is 2. The van der Waals surface area contributed by atoms with Crippen LogP contribution in [0.25, 0.3) is 0 Å². The lowest BCUT2D eigenvalue weighted by atomic mass is 10.1. The molecule has 0 radical (unpaired) electrons. The number of hydrogen-bond acceptors (Lipinski definition) is 5. The van der Waals surface area contributed by atoms with Gasteiger partial charge < -0.3 is 15.0 Å². The van der Waals surface area contributed by atoms with Gasteiger partial charge in [0.2, 0.25) is 11.8 Å². The number of nitrogens with zero attached hydrogens (tertiary/aromatic N) is 1. The van der Waals surface area contributed by atoms with Crippen LogP contribution in [0.4, 0.5) is 11.4 Å². The van der Waals surface area contributed by atoms with Crippen LogP contribution < -0.4 is 15.5 Å². The molecule has 6 heteroatoms. The van der Waals surface area contributed by atoms with Gasteiger partial charge in [0.1, 0.15) is 6.04 Å². The Balaban J connectivity index is 1.68. The SMILES string of the molecule is O=C1CCC(Nc2cccc(N3CCOCC3)c2)C(=O)N1. The summed E-state index contributed by atoms with van der Waals surface area (Å²) in [7, 11) is 0. The first-order valence-corrected chi connectivity index (χ1v) is 7.25. The van der Waals surface area contributed by atoms with Gasteiger partial charge in [0.25, 0.3) is 0 Å². The number of benzene rings is 1. The van der Waals surface area contributed by atoms with E-state index in [0.717, 1.165) is 37.7 Å². The predicted octanol–water partition coefficient (Wildman–Crippen LogP) is 0.740. The number of hydrogen-bond donors (Lipinski definition) is 2. The summed E-state index contributed by atoms with van der Waals surface area (Å²) in [6, 6.07) is 7.66. The topological polar surface area (TPSA) is 70.7 Å². The van der Waals surface area contributed by atoms with Crippen molar-refractivity contribution >= 4 is 23.2 Å².